The van der Waals surface area contributed by atoms with Crippen LogP contribution in [0.3, 0.4) is 0 Å². The number of hydrogen-bond acceptors (Lipinski definition) is 20. The van der Waals surface area contributed by atoms with Crippen molar-refractivity contribution < 1.29 is 175 Å². The summed E-state index contributed by atoms with van der Waals surface area (Å²) >= 11 is 0. The van der Waals surface area contributed by atoms with Crippen molar-refractivity contribution in [2.45, 2.75) is 14.7 Å². The fourth-order valence-electron chi connectivity index (χ4n) is 6.82. The number of nitrogen functional groups attached to an aromatic ring is 1. The van der Waals surface area contributed by atoms with Crippen molar-refractivity contribution in [3.05, 3.63) is 131 Å². The van der Waals surface area contributed by atoms with E-state index in [1.807, 2.05) is 0 Å². The Bertz CT molecular complexity index is 3820. The number of hydrogen-bond donors (Lipinski definition) is 2. The Hall–Kier alpha value is -3.16. The van der Waals surface area contributed by atoms with Crippen molar-refractivity contribution in [3.8, 4) is 0 Å². The number of Topliss-reactive ketones (excluding diaryl/α,β-unsaturated/α-hetero) is 1. The van der Waals surface area contributed by atoms with E-state index in [-0.39, 0.29) is 196 Å². The molecular weight excluding hydrogens is 1010 g/mol. The van der Waals surface area contributed by atoms with Gasteiger partial charge in [0.2, 0.25) is 5.78 Å². The van der Waals surface area contributed by atoms with Gasteiger partial charge in [-0.15, -0.1) is 20.5 Å². The van der Waals surface area contributed by atoms with E-state index in [1.54, 1.807) is 6.07 Å². The van der Waals surface area contributed by atoms with Gasteiger partial charge in [-0.1, -0.05) is 36.4 Å². The Morgan fingerprint density at radius 2 is 0.941 bits per heavy atom. The predicted octanol–water partition coefficient (Wildman–Crippen LogP) is -5.16. The van der Waals surface area contributed by atoms with Gasteiger partial charge in [0, 0.05) is 43.6 Å². The van der Waals surface area contributed by atoms with Crippen molar-refractivity contribution in [3.63, 3.8) is 0 Å². The van der Waals surface area contributed by atoms with E-state index in [9.17, 15) is 56.7 Å². The number of fused-ring (bicyclic) bond motifs is 4. The Morgan fingerprint density at radius 1 is 0.471 bits per heavy atom. The van der Waals surface area contributed by atoms with Crippen LogP contribution in [0.15, 0.2) is 160 Å². The molecule has 0 bridgehead atoms. The van der Waals surface area contributed by atoms with E-state index in [4.69, 9.17) is 5.73 Å². The molecule has 3 N–H and O–H groups in total. The maximum Gasteiger partial charge on any atom is 1.00 e. The predicted molar refractivity (Wildman–Crippen MR) is 228 cm³/mol. The summed E-state index contributed by atoms with van der Waals surface area (Å²) in [6, 6.07) is 24.3. The second-order valence-corrected chi connectivity index (χ2v) is 19.2. The van der Waals surface area contributed by atoms with Crippen LogP contribution in [-0.4, -0.2) is 63.4 Å². The molecule has 7 aromatic rings. The number of nitrogens with two attached hydrogens (primary N) is 1. The molecule has 20 nitrogen and oxygen atoms in total. The molecule has 8 rings (SSSR count). The normalized spacial score (nSPS) is 13.7. The van der Waals surface area contributed by atoms with E-state index in [0.717, 1.165) is 36.4 Å². The molecule has 1 aliphatic carbocycles. The van der Waals surface area contributed by atoms with Gasteiger partial charge >= 0.3 is 118 Å². The number of allylic oxidation sites excluding steroid dienone is 1. The zero-order valence-electron chi connectivity index (χ0n) is 35.8. The Kier molecular flexibility index (Phi) is 18.6. The summed E-state index contributed by atoms with van der Waals surface area (Å²) in [4.78, 5) is 10.7. The zero-order chi connectivity index (χ0) is 45.9. The molecule has 0 heterocycles. The standard InChI is InChI=1S/C40H27N7O13S4.4Na/c41-22-5-8-25-21(17-22)18-38(64(58,59)60)39(40(25)48)47-46-33-12-14-36(31-20-24(62(52,53)54)7-10-28(31)33)44-42-32-11-13-35(30-19-23(61(49,50)51)6-9-27(30)32)45-43-34-15-16-37(63(55,56)57)29-4-2-1-3-26(29)34;;;;/h1-20,46H,41H2,(H,49,50,51)(H,52,53,54)(H,55,56,57)(H,58,59,60);;;;/q;4*+1/p-4/b44-42?,45-43?,47-39+;;;;. The van der Waals surface area contributed by atoms with E-state index in [2.05, 4.69) is 31.0 Å². The number of carbonyl (C=O) groups is 1. The minimum Gasteiger partial charge on any atom is -0.744 e. The molecule has 7 aromatic carbocycles. The van der Waals surface area contributed by atoms with Crippen LogP contribution in [0.4, 0.5) is 34.1 Å². The number of hydrazone groups is 1. The topological polar surface area (TPSA) is 346 Å². The first kappa shape index (κ1) is 57.4. The van der Waals surface area contributed by atoms with Gasteiger partial charge in [-0.2, -0.15) is 5.10 Å². The fraction of sp³-hybridized carbons (Fsp3) is 0. The third kappa shape index (κ3) is 12.1. The van der Waals surface area contributed by atoms with Crippen molar-refractivity contribution in [2.75, 3.05) is 11.2 Å². The number of azo groups is 2. The second-order valence-electron chi connectivity index (χ2n) is 13.8. The molecule has 0 radical (unpaired) electrons. The Labute approximate surface area is 475 Å². The molecular formula is C40H23N7Na4O13S4. The van der Waals surface area contributed by atoms with Gasteiger partial charge in [0.1, 0.15) is 46.2 Å². The van der Waals surface area contributed by atoms with E-state index >= 15 is 0 Å². The molecule has 324 valence electrons. The van der Waals surface area contributed by atoms with Gasteiger partial charge in [-0.05, 0) is 90.5 Å². The van der Waals surface area contributed by atoms with Gasteiger partial charge in [0.25, 0.3) is 0 Å². The van der Waals surface area contributed by atoms with Crippen LogP contribution in [0.5, 0.6) is 0 Å². The Balaban J connectivity index is 0.00000252. The number of nitrogens with one attached hydrogen (secondary N) is 1. The van der Waals surface area contributed by atoms with Crippen molar-refractivity contribution in [2.24, 2.45) is 25.6 Å². The summed E-state index contributed by atoms with van der Waals surface area (Å²) in [5, 5.41) is 21.7. The number of carbonyl (C=O) groups excluding carboxylic acids is 1. The molecule has 0 fully saturated rings. The number of ketones is 1. The number of benzene rings is 7. The molecule has 0 aromatic heterocycles. The smallest absolute Gasteiger partial charge is 0.744 e. The first-order chi connectivity index (χ1) is 30.1. The summed E-state index contributed by atoms with van der Waals surface area (Å²) in [5.41, 5.74) is 8.03. The monoisotopic (exact) mass is 1030 g/mol. The van der Waals surface area contributed by atoms with Crippen LogP contribution in [0.25, 0.3) is 38.4 Å². The third-order valence-corrected chi connectivity index (χ3v) is 13.2. The summed E-state index contributed by atoms with van der Waals surface area (Å²) in [7, 11) is -20.2. The Morgan fingerprint density at radius 3 is 1.47 bits per heavy atom. The van der Waals surface area contributed by atoms with Crippen LogP contribution >= 0.6 is 0 Å². The molecule has 0 amide bonds. The second kappa shape index (κ2) is 22.1. The molecule has 1 aliphatic rings. The molecule has 0 unspecified atom stereocenters. The molecule has 0 aliphatic heterocycles. The van der Waals surface area contributed by atoms with Crippen molar-refractivity contribution >= 4 is 124 Å². The zero-order valence-corrected chi connectivity index (χ0v) is 47.1. The average Bonchev–Trinajstić information content (AvgIpc) is 3.22. The van der Waals surface area contributed by atoms with Gasteiger partial charge in [-0.25, -0.2) is 33.7 Å². The minimum absolute atomic E-state index is 0. The maximum absolute atomic E-state index is 13.4. The SMILES string of the molecule is Nc1ccc2c(c1)C=C(S(=O)(=O)[O-])/C(=N\Nc1ccc(N=Nc3ccc(N=Nc4ccc(S(=O)(=O)[O-])c5ccccc45)c4cc(S(=O)(=O)[O-])ccc34)c3cc(S(=O)(=O)[O-])ccc13)C2=O.[Na+].[Na+].[Na+].[Na+]. The van der Waals surface area contributed by atoms with E-state index in [0.29, 0.717) is 0 Å². The first-order valence-electron chi connectivity index (χ1n) is 17.9. The van der Waals surface area contributed by atoms with Crippen molar-refractivity contribution in [1.82, 2.24) is 0 Å². The molecule has 0 saturated heterocycles. The number of rotatable bonds is 10. The van der Waals surface area contributed by atoms with Crippen LogP contribution in [0, 0.1) is 0 Å². The van der Waals surface area contributed by atoms with Crippen LogP contribution in [0.1, 0.15) is 15.9 Å². The van der Waals surface area contributed by atoms with Gasteiger partial charge < -0.3 is 23.9 Å². The van der Waals surface area contributed by atoms with E-state index in [1.165, 1.54) is 78.9 Å². The molecule has 68 heavy (non-hydrogen) atoms. The van der Waals surface area contributed by atoms with Crippen molar-refractivity contribution in [1.29, 1.82) is 0 Å². The molecule has 0 spiro atoms. The summed E-state index contributed by atoms with van der Waals surface area (Å²) < 4.78 is 145. The largest absolute Gasteiger partial charge is 1.00 e. The van der Waals surface area contributed by atoms with Crippen LogP contribution in [-0.2, 0) is 40.5 Å². The maximum atomic E-state index is 13.4. The molecule has 0 saturated carbocycles. The van der Waals surface area contributed by atoms with E-state index < -0.39 is 71.6 Å². The minimum atomic E-state index is -5.27. The third-order valence-electron chi connectivity index (χ3n) is 9.76. The van der Waals surface area contributed by atoms with Crippen LogP contribution in [0.2, 0.25) is 0 Å². The number of anilines is 2. The summed E-state index contributed by atoms with van der Waals surface area (Å²) in [6.07, 6.45) is 0.954. The number of nitrogens with zero attached hydrogens (tertiary/aromatic N) is 5. The summed E-state index contributed by atoms with van der Waals surface area (Å²) in [5.74, 6) is -0.922. The fourth-order valence-corrected chi connectivity index (χ4v) is 9.15. The van der Waals surface area contributed by atoms with Gasteiger partial charge in [0.15, 0.2) is 0 Å². The van der Waals surface area contributed by atoms with Gasteiger partial charge in [-0.3, -0.25) is 10.2 Å². The molecule has 0 atom stereocenters. The molecule has 28 heteroatoms. The van der Waals surface area contributed by atoms with Crippen LogP contribution < -0.4 is 129 Å². The average molecular weight is 1030 g/mol. The summed E-state index contributed by atoms with van der Waals surface area (Å²) in [6.45, 7) is 0. The van der Waals surface area contributed by atoms with Gasteiger partial charge in [0.05, 0.1) is 48.0 Å². The quantitative estimate of drug-likeness (QED) is 0.0425. The first-order valence-corrected chi connectivity index (χ1v) is 23.5.